The molecule has 21 heavy (non-hydrogen) atoms. The predicted octanol–water partition coefficient (Wildman–Crippen LogP) is 5.27. The number of benzene rings is 2. The average molecular weight is 324 g/mol. The standard InChI is InChI=1S/C17H19ClFNS/c1-2-7-20-11-13-8-15(19)10-16(9-13)21-12-14-5-3-4-6-17(14)18/h3-6,8-10,20H,2,7,11-12H2,1H3. The highest BCUT2D eigenvalue weighted by Gasteiger charge is 2.04. The fourth-order valence-electron chi connectivity index (χ4n) is 1.99. The second-order valence-corrected chi connectivity index (χ2v) is 6.31. The van der Waals surface area contributed by atoms with Crippen LogP contribution in [0.1, 0.15) is 24.5 Å². The molecule has 0 heterocycles. The highest BCUT2D eigenvalue weighted by atomic mass is 35.5. The SMILES string of the molecule is CCCNCc1cc(F)cc(SCc2ccccc2Cl)c1. The van der Waals surface area contributed by atoms with Crippen LogP contribution in [-0.4, -0.2) is 6.54 Å². The van der Waals surface area contributed by atoms with Crippen LogP contribution in [0.15, 0.2) is 47.4 Å². The molecule has 0 radical (unpaired) electrons. The second kappa shape index (κ2) is 8.42. The molecule has 1 N–H and O–H groups in total. The van der Waals surface area contributed by atoms with E-state index < -0.39 is 0 Å². The first kappa shape index (κ1) is 16.3. The minimum Gasteiger partial charge on any atom is -0.313 e. The van der Waals surface area contributed by atoms with Gasteiger partial charge in [0.1, 0.15) is 5.82 Å². The summed E-state index contributed by atoms with van der Waals surface area (Å²) in [7, 11) is 0. The first-order valence-electron chi connectivity index (χ1n) is 7.05. The van der Waals surface area contributed by atoms with E-state index in [0.717, 1.165) is 39.8 Å². The van der Waals surface area contributed by atoms with E-state index in [4.69, 9.17) is 11.6 Å². The molecule has 2 aromatic carbocycles. The van der Waals surface area contributed by atoms with Crippen LogP contribution in [-0.2, 0) is 12.3 Å². The topological polar surface area (TPSA) is 12.0 Å². The lowest BCUT2D eigenvalue weighted by molar-refractivity contribution is 0.615. The molecule has 0 aliphatic carbocycles. The van der Waals surface area contributed by atoms with E-state index in [1.165, 1.54) is 0 Å². The molecule has 0 aliphatic heterocycles. The minimum atomic E-state index is -0.188. The van der Waals surface area contributed by atoms with E-state index in [1.54, 1.807) is 23.9 Å². The Labute approximate surface area is 134 Å². The van der Waals surface area contributed by atoms with Gasteiger partial charge < -0.3 is 5.32 Å². The summed E-state index contributed by atoms with van der Waals surface area (Å²) < 4.78 is 13.7. The third kappa shape index (κ3) is 5.34. The van der Waals surface area contributed by atoms with E-state index in [1.807, 2.05) is 30.3 Å². The maximum Gasteiger partial charge on any atom is 0.124 e. The van der Waals surface area contributed by atoms with Crippen molar-refractivity contribution in [3.63, 3.8) is 0 Å². The van der Waals surface area contributed by atoms with Gasteiger partial charge in [0.15, 0.2) is 0 Å². The van der Waals surface area contributed by atoms with Gasteiger partial charge in [-0.2, -0.15) is 0 Å². The summed E-state index contributed by atoms with van der Waals surface area (Å²) >= 11 is 7.74. The first-order valence-corrected chi connectivity index (χ1v) is 8.42. The molecule has 0 bridgehead atoms. The van der Waals surface area contributed by atoms with Gasteiger partial charge in [-0.05, 0) is 48.4 Å². The van der Waals surface area contributed by atoms with Crippen molar-refractivity contribution in [1.29, 1.82) is 0 Å². The molecule has 1 nitrogen and oxygen atoms in total. The maximum atomic E-state index is 13.7. The van der Waals surface area contributed by atoms with Gasteiger partial charge in [0.2, 0.25) is 0 Å². The quantitative estimate of drug-likeness (QED) is 0.550. The van der Waals surface area contributed by atoms with Crippen LogP contribution in [0, 0.1) is 5.82 Å². The zero-order valence-corrected chi connectivity index (χ0v) is 13.6. The summed E-state index contributed by atoms with van der Waals surface area (Å²) in [5.74, 6) is 0.553. The molecule has 0 spiro atoms. The summed E-state index contributed by atoms with van der Waals surface area (Å²) in [5, 5.41) is 4.05. The molecule has 0 unspecified atom stereocenters. The van der Waals surface area contributed by atoms with Crippen molar-refractivity contribution in [3.05, 3.63) is 64.4 Å². The monoisotopic (exact) mass is 323 g/mol. The van der Waals surface area contributed by atoms with Crippen molar-refractivity contribution >= 4 is 23.4 Å². The number of halogens is 2. The molecule has 112 valence electrons. The van der Waals surface area contributed by atoms with Crippen LogP contribution in [0.3, 0.4) is 0 Å². The Morgan fingerprint density at radius 2 is 2.00 bits per heavy atom. The third-order valence-corrected chi connectivity index (χ3v) is 4.43. The van der Waals surface area contributed by atoms with Crippen LogP contribution in [0.25, 0.3) is 0 Å². The van der Waals surface area contributed by atoms with Gasteiger partial charge in [-0.1, -0.05) is 36.7 Å². The molecule has 0 amide bonds. The van der Waals surface area contributed by atoms with Crippen LogP contribution in [0.5, 0.6) is 0 Å². The first-order chi connectivity index (χ1) is 10.2. The van der Waals surface area contributed by atoms with Gasteiger partial charge in [-0.3, -0.25) is 0 Å². The highest BCUT2D eigenvalue weighted by molar-refractivity contribution is 7.98. The normalized spacial score (nSPS) is 10.8. The van der Waals surface area contributed by atoms with E-state index in [-0.39, 0.29) is 5.82 Å². The van der Waals surface area contributed by atoms with Crippen molar-refractivity contribution in [1.82, 2.24) is 5.32 Å². The molecule has 0 atom stereocenters. The van der Waals surface area contributed by atoms with Gasteiger partial charge in [0.05, 0.1) is 0 Å². The van der Waals surface area contributed by atoms with Crippen molar-refractivity contribution in [2.45, 2.75) is 30.5 Å². The number of rotatable bonds is 7. The van der Waals surface area contributed by atoms with Crippen molar-refractivity contribution in [2.75, 3.05) is 6.54 Å². The molecule has 0 aromatic heterocycles. The molecule has 0 aliphatic rings. The predicted molar refractivity (Wildman–Crippen MR) is 89.4 cm³/mol. The molecule has 2 rings (SSSR count). The number of hydrogen-bond acceptors (Lipinski definition) is 2. The molecule has 0 fully saturated rings. The summed E-state index contributed by atoms with van der Waals surface area (Å²) in [4.78, 5) is 0.934. The Kier molecular flexibility index (Phi) is 6.55. The Hall–Kier alpha value is -1.03. The molecule has 2 aromatic rings. The highest BCUT2D eigenvalue weighted by Crippen LogP contribution is 2.27. The minimum absolute atomic E-state index is 0.188. The van der Waals surface area contributed by atoms with Crippen LogP contribution in [0.4, 0.5) is 4.39 Å². The third-order valence-electron chi connectivity index (χ3n) is 3.04. The molecular weight excluding hydrogens is 305 g/mol. The van der Waals surface area contributed by atoms with Crippen LogP contribution >= 0.6 is 23.4 Å². The molecule has 0 saturated heterocycles. The lowest BCUT2D eigenvalue weighted by Crippen LogP contribution is -2.13. The lowest BCUT2D eigenvalue weighted by Gasteiger charge is -2.08. The molecule has 0 saturated carbocycles. The van der Waals surface area contributed by atoms with E-state index in [2.05, 4.69) is 12.2 Å². The van der Waals surface area contributed by atoms with Gasteiger partial charge >= 0.3 is 0 Å². The lowest BCUT2D eigenvalue weighted by atomic mass is 10.2. The smallest absolute Gasteiger partial charge is 0.124 e. The Balaban J connectivity index is 2.01. The van der Waals surface area contributed by atoms with Crippen LogP contribution < -0.4 is 5.32 Å². The summed E-state index contributed by atoms with van der Waals surface area (Å²) in [6, 6.07) is 12.9. The zero-order chi connectivity index (χ0) is 15.1. The Bertz CT molecular complexity index is 589. The van der Waals surface area contributed by atoms with Gasteiger partial charge in [0, 0.05) is 22.2 Å². The van der Waals surface area contributed by atoms with Gasteiger partial charge in [0.25, 0.3) is 0 Å². The largest absolute Gasteiger partial charge is 0.313 e. The second-order valence-electron chi connectivity index (χ2n) is 4.85. The number of hydrogen-bond donors (Lipinski definition) is 1. The van der Waals surface area contributed by atoms with Crippen LogP contribution in [0.2, 0.25) is 5.02 Å². The van der Waals surface area contributed by atoms with Crippen molar-refractivity contribution < 1.29 is 4.39 Å². The summed E-state index contributed by atoms with van der Waals surface area (Å²) in [6.45, 7) is 3.76. The molecular formula is C17H19ClFNS. The van der Waals surface area contributed by atoms with E-state index >= 15 is 0 Å². The summed E-state index contributed by atoms with van der Waals surface area (Å²) in [6.07, 6.45) is 1.07. The van der Waals surface area contributed by atoms with E-state index in [0.29, 0.717) is 6.54 Å². The van der Waals surface area contributed by atoms with Gasteiger partial charge in [-0.15, -0.1) is 11.8 Å². The van der Waals surface area contributed by atoms with Crippen molar-refractivity contribution in [3.8, 4) is 0 Å². The van der Waals surface area contributed by atoms with Gasteiger partial charge in [-0.25, -0.2) is 4.39 Å². The zero-order valence-electron chi connectivity index (χ0n) is 12.0. The average Bonchev–Trinajstić information content (AvgIpc) is 2.46. The van der Waals surface area contributed by atoms with Crippen molar-refractivity contribution in [2.24, 2.45) is 0 Å². The number of nitrogens with one attached hydrogen (secondary N) is 1. The Morgan fingerprint density at radius 1 is 1.19 bits per heavy atom. The summed E-state index contributed by atoms with van der Waals surface area (Å²) in [5.41, 5.74) is 2.05. The fourth-order valence-corrected chi connectivity index (χ4v) is 3.28. The molecule has 4 heteroatoms. The Morgan fingerprint density at radius 3 is 2.76 bits per heavy atom. The van der Waals surface area contributed by atoms with E-state index in [9.17, 15) is 4.39 Å². The fraction of sp³-hybridized carbons (Fsp3) is 0.294. The number of thioether (sulfide) groups is 1. The maximum absolute atomic E-state index is 13.7.